The van der Waals surface area contributed by atoms with Crippen LogP contribution in [0.1, 0.15) is 31.8 Å². The average molecular weight is 357 g/mol. The number of rotatable bonds is 2. The Morgan fingerprint density at radius 3 is 2.00 bits per heavy atom. The van der Waals surface area contributed by atoms with Crippen LogP contribution >= 0.6 is 0 Å². The molecule has 0 saturated carbocycles. The molecular formula is C14H8NNaO7S. The first-order valence-electron chi connectivity index (χ1n) is 6.21. The third kappa shape index (κ3) is 2.92. The summed E-state index contributed by atoms with van der Waals surface area (Å²) in [6.07, 6.45) is 0. The number of phenols is 2. The van der Waals surface area contributed by atoms with Crippen LogP contribution in [0.4, 0.5) is 5.69 Å². The van der Waals surface area contributed by atoms with Crippen molar-refractivity contribution in [3.05, 3.63) is 52.6 Å². The van der Waals surface area contributed by atoms with Gasteiger partial charge in [-0.15, -0.1) is 0 Å². The van der Waals surface area contributed by atoms with E-state index in [1.807, 2.05) is 0 Å². The number of anilines is 1. The molecule has 0 aromatic heterocycles. The average Bonchev–Trinajstić information content (AvgIpc) is 2.48. The Balaban J connectivity index is 0.00000208. The van der Waals surface area contributed by atoms with Crippen LogP contribution in [0.15, 0.2) is 30.3 Å². The van der Waals surface area contributed by atoms with Gasteiger partial charge in [-0.25, -0.2) is 8.42 Å². The number of phenolic OH excluding ortho intramolecular Hbond substituents is 2. The van der Waals surface area contributed by atoms with E-state index in [0.717, 1.165) is 6.07 Å². The monoisotopic (exact) mass is 357 g/mol. The second-order valence-corrected chi connectivity index (χ2v) is 5.92. The van der Waals surface area contributed by atoms with Gasteiger partial charge in [0, 0.05) is 16.7 Å². The molecule has 2 aromatic rings. The van der Waals surface area contributed by atoms with Gasteiger partial charge in [-0.1, -0.05) is 24.3 Å². The predicted molar refractivity (Wildman–Crippen MR) is 76.4 cm³/mol. The van der Waals surface area contributed by atoms with Crippen LogP contribution in [-0.2, 0) is 10.3 Å². The molecule has 0 heterocycles. The number of hydrogen-bond donors (Lipinski definition) is 3. The Bertz CT molecular complexity index is 985. The molecule has 0 unspecified atom stereocenters. The number of benzene rings is 2. The summed E-state index contributed by atoms with van der Waals surface area (Å²) in [6, 6.07) is 6.71. The maximum Gasteiger partial charge on any atom is 1.00 e. The van der Waals surface area contributed by atoms with Gasteiger partial charge in [0.1, 0.15) is 0 Å². The second kappa shape index (κ2) is 6.19. The third-order valence-electron chi connectivity index (χ3n) is 3.40. The molecule has 2 aromatic carbocycles. The molecular weight excluding hydrogens is 349 g/mol. The van der Waals surface area contributed by atoms with Crippen LogP contribution in [-0.4, -0.2) is 34.8 Å². The molecule has 24 heavy (non-hydrogen) atoms. The minimum Gasteiger partial charge on any atom is -0.731 e. The quantitative estimate of drug-likeness (QED) is 0.267. The van der Waals surface area contributed by atoms with Crippen molar-refractivity contribution < 1.29 is 62.3 Å². The first kappa shape index (κ1) is 18.4. The Kier molecular flexibility index (Phi) is 4.75. The number of hydrogen-bond acceptors (Lipinski definition) is 7. The Labute approximate surface area is 158 Å². The Hall–Kier alpha value is -1.91. The third-order valence-corrected chi connectivity index (χ3v) is 3.87. The zero-order valence-corrected chi connectivity index (χ0v) is 15.0. The van der Waals surface area contributed by atoms with Crippen LogP contribution < -0.4 is 34.3 Å². The van der Waals surface area contributed by atoms with E-state index in [1.165, 1.54) is 29.0 Å². The molecule has 0 fully saturated rings. The number of ketones is 2. The van der Waals surface area contributed by atoms with Gasteiger partial charge in [0.2, 0.25) is 0 Å². The minimum absolute atomic E-state index is 0. The van der Waals surface area contributed by atoms with Crippen molar-refractivity contribution in [2.24, 2.45) is 0 Å². The van der Waals surface area contributed by atoms with Crippen molar-refractivity contribution >= 4 is 27.6 Å². The second-order valence-electron chi connectivity index (χ2n) is 4.80. The molecule has 3 rings (SSSR count). The summed E-state index contributed by atoms with van der Waals surface area (Å²) in [5.74, 6) is -3.32. The van der Waals surface area contributed by atoms with Gasteiger partial charge in [0.25, 0.3) is 0 Å². The maximum atomic E-state index is 12.4. The van der Waals surface area contributed by atoms with E-state index in [-0.39, 0.29) is 46.2 Å². The summed E-state index contributed by atoms with van der Waals surface area (Å²) >= 11 is 0. The molecule has 118 valence electrons. The number of carbonyl (C=O) groups is 2. The number of nitrogens with one attached hydrogen (secondary N) is 1. The van der Waals surface area contributed by atoms with Crippen LogP contribution in [0.3, 0.4) is 0 Å². The molecule has 0 radical (unpaired) electrons. The van der Waals surface area contributed by atoms with Crippen LogP contribution in [0, 0.1) is 0 Å². The van der Waals surface area contributed by atoms with Gasteiger partial charge < -0.3 is 14.8 Å². The summed E-state index contributed by atoms with van der Waals surface area (Å²) in [4.78, 5) is 24.8. The molecule has 0 amide bonds. The summed E-state index contributed by atoms with van der Waals surface area (Å²) in [5.41, 5.74) is -1.31. The van der Waals surface area contributed by atoms with Crippen molar-refractivity contribution in [2.75, 3.05) is 4.72 Å². The molecule has 0 spiro atoms. The van der Waals surface area contributed by atoms with Crippen molar-refractivity contribution in [2.45, 2.75) is 0 Å². The van der Waals surface area contributed by atoms with Gasteiger partial charge in [0.05, 0.1) is 11.3 Å². The van der Waals surface area contributed by atoms with Crippen LogP contribution in [0.5, 0.6) is 11.5 Å². The van der Waals surface area contributed by atoms with Gasteiger partial charge in [-0.3, -0.25) is 14.3 Å². The number of carbonyl (C=O) groups excluding carboxylic acids is 2. The maximum absolute atomic E-state index is 12.4. The van der Waals surface area contributed by atoms with Gasteiger partial charge in [-0.2, -0.15) is 0 Å². The molecule has 1 aliphatic rings. The molecule has 10 heteroatoms. The minimum atomic E-state index is -5.00. The Morgan fingerprint density at radius 2 is 1.46 bits per heavy atom. The number of fused-ring (bicyclic) bond motifs is 2. The molecule has 0 atom stereocenters. The standard InChI is InChI=1S/C14H9NO7S.Na/c16-11-6-3-1-2-4-7(6)12(17)10-8(11)5-9(13(18)14(10)19)15-23(20,21)22;/h1-5,15,18-19H,(H,20,21,22);/q;+1/p-1. The topological polar surface area (TPSA) is 144 Å². The summed E-state index contributed by atoms with van der Waals surface area (Å²) in [6.45, 7) is 0. The van der Waals surface area contributed by atoms with E-state index in [2.05, 4.69) is 0 Å². The molecule has 8 nitrogen and oxygen atoms in total. The van der Waals surface area contributed by atoms with Crippen molar-refractivity contribution in [3.63, 3.8) is 0 Å². The van der Waals surface area contributed by atoms with E-state index >= 15 is 0 Å². The first-order chi connectivity index (χ1) is 10.7. The smallest absolute Gasteiger partial charge is 0.731 e. The van der Waals surface area contributed by atoms with E-state index in [1.54, 1.807) is 0 Å². The van der Waals surface area contributed by atoms with Crippen molar-refractivity contribution in [1.82, 2.24) is 0 Å². The van der Waals surface area contributed by atoms with Crippen LogP contribution in [0.2, 0.25) is 0 Å². The Morgan fingerprint density at radius 1 is 0.917 bits per heavy atom. The molecule has 0 bridgehead atoms. The molecule has 3 N–H and O–H groups in total. The van der Waals surface area contributed by atoms with E-state index in [9.17, 15) is 32.8 Å². The summed E-state index contributed by atoms with van der Waals surface area (Å²) in [5, 5.41) is 19.8. The van der Waals surface area contributed by atoms with Gasteiger partial charge in [0.15, 0.2) is 33.4 Å². The molecule has 1 aliphatic carbocycles. The van der Waals surface area contributed by atoms with Crippen LogP contribution in [0.25, 0.3) is 0 Å². The number of aromatic hydroxyl groups is 2. The molecule has 0 aliphatic heterocycles. The fraction of sp³-hybridized carbons (Fsp3) is 0. The van der Waals surface area contributed by atoms with E-state index < -0.39 is 44.6 Å². The largest absolute Gasteiger partial charge is 1.00 e. The van der Waals surface area contributed by atoms with Crippen molar-refractivity contribution in [3.8, 4) is 11.5 Å². The normalized spacial score (nSPS) is 12.9. The first-order valence-corrected chi connectivity index (χ1v) is 7.62. The van der Waals surface area contributed by atoms with Crippen molar-refractivity contribution in [1.29, 1.82) is 0 Å². The van der Waals surface area contributed by atoms with E-state index in [4.69, 9.17) is 0 Å². The zero-order valence-electron chi connectivity index (χ0n) is 12.2. The zero-order chi connectivity index (χ0) is 16.9. The van der Waals surface area contributed by atoms with Gasteiger partial charge in [-0.05, 0) is 6.07 Å². The fourth-order valence-electron chi connectivity index (χ4n) is 2.44. The predicted octanol–water partition coefficient (Wildman–Crippen LogP) is -2.25. The summed E-state index contributed by atoms with van der Waals surface area (Å²) < 4.78 is 33.7. The van der Waals surface area contributed by atoms with Gasteiger partial charge >= 0.3 is 29.6 Å². The SMILES string of the molecule is O=C1c2ccccc2C(=O)c2c1cc(NS(=O)(=O)[O-])c(O)c2O.[Na+]. The summed E-state index contributed by atoms with van der Waals surface area (Å²) in [7, 11) is -5.00. The van der Waals surface area contributed by atoms with E-state index in [0.29, 0.717) is 0 Å². The molecule has 0 saturated heterocycles. The fourth-order valence-corrected chi connectivity index (χ4v) is 2.86.